The fraction of sp³-hybridized carbons (Fsp3) is 0.596. The zero-order chi connectivity index (χ0) is 85.3. The molecule has 0 aromatic carbocycles. The van der Waals surface area contributed by atoms with E-state index in [1.54, 1.807) is 18.7 Å². The summed E-state index contributed by atoms with van der Waals surface area (Å²) < 4.78 is 12.6. The average Bonchev–Trinajstić information content (AvgIpc) is 1.71. The molecule has 6 heterocycles. The van der Waals surface area contributed by atoms with E-state index in [2.05, 4.69) is 84.2 Å². The fourth-order valence-electron chi connectivity index (χ4n) is 15.5. The van der Waals surface area contributed by atoms with Gasteiger partial charge in [0.05, 0.1) is 57.2 Å². The molecule has 7 aliphatic carbocycles. The van der Waals surface area contributed by atoms with Crippen LogP contribution in [0.3, 0.4) is 0 Å². The van der Waals surface area contributed by atoms with Crippen LogP contribution in [-0.4, -0.2) is 99.8 Å². The number of hydrogen-bond donors (Lipinski definition) is 7. The first-order valence-corrected chi connectivity index (χ1v) is 38.3. The molecule has 6 aromatic heterocycles. The summed E-state index contributed by atoms with van der Waals surface area (Å²) in [5.41, 5.74) is 16.5. The van der Waals surface area contributed by atoms with Gasteiger partial charge in [-0.15, -0.1) is 0 Å². The van der Waals surface area contributed by atoms with Crippen LogP contribution in [-0.2, 0) is 55.2 Å². The second-order valence-corrected chi connectivity index (χ2v) is 40.3. The molecule has 0 aliphatic heterocycles. The number of fused-ring (bicyclic) bond motifs is 6. The van der Waals surface area contributed by atoms with E-state index in [-0.39, 0.29) is 199 Å². The first-order chi connectivity index (χ1) is 50.0. The summed E-state index contributed by atoms with van der Waals surface area (Å²) in [6, 6.07) is 0. The first-order valence-electron chi connectivity index (χ1n) is 38.3. The number of aromatic amines is 3. The molecule has 2 amide bonds. The number of nitrogens with zero attached hydrogens (tertiary/aromatic N) is 1. The van der Waals surface area contributed by atoms with Crippen LogP contribution in [0.1, 0.15) is 356 Å². The molecule has 6 aromatic rings. The molecule has 1 saturated carbocycles. The molecule has 13 rings (SSSR count). The van der Waals surface area contributed by atoms with Crippen LogP contribution in [0.2, 0.25) is 0 Å². The van der Waals surface area contributed by atoms with Gasteiger partial charge in [0.2, 0.25) is 0 Å². The number of nitrogens with two attached hydrogens (primary N) is 2. The van der Waals surface area contributed by atoms with Crippen LogP contribution in [0.25, 0.3) is 0 Å². The zero-order valence-electron chi connectivity index (χ0n) is 72.5. The minimum Gasteiger partial charge on any atom is -0.478 e. The molecule has 9 N–H and O–H groups in total. The maximum atomic E-state index is 12.7. The van der Waals surface area contributed by atoms with E-state index < -0.39 is 45.4 Å². The van der Waals surface area contributed by atoms with Gasteiger partial charge in [-0.25, -0.2) is 9.59 Å². The van der Waals surface area contributed by atoms with E-state index >= 15 is 0 Å². The molecule has 0 radical (unpaired) electrons. The Kier molecular flexibility index (Phi) is 27.5. The zero-order valence-corrected chi connectivity index (χ0v) is 74.0. The number of carbonyl (C=O) groups is 12. The van der Waals surface area contributed by atoms with Gasteiger partial charge in [0.25, 0.3) is 11.8 Å². The summed E-state index contributed by atoms with van der Waals surface area (Å²) in [4.78, 5) is 152. The number of aromatic carboxylic acids is 2. The van der Waals surface area contributed by atoms with Gasteiger partial charge in [-0.2, -0.15) is 0 Å². The molecular weight excluding hydrogens is 1490 g/mol. The van der Waals surface area contributed by atoms with Crippen molar-refractivity contribution in [3.05, 3.63) is 138 Å². The first kappa shape index (κ1) is 97.0. The topological polar surface area (TPSA) is 376 Å². The molecule has 7 aliphatic rings. The van der Waals surface area contributed by atoms with Crippen molar-refractivity contribution in [3.8, 4) is 0 Å². The van der Waals surface area contributed by atoms with Gasteiger partial charge in [-0.05, 0) is 88.6 Å². The number of ketones is 8. The van der Waals surface area contributed by atoms with Crippen molar-refractivity contribution in [1.29, 1.82) is 0 Å². The minimum absolute atomic E-state index is 0. The molecule has 113 heavy (non-hydrogen) atoms. The Morgan fingerprint density at radius 3 is 1.07 bits per heavy atom. The number of hydrogen-bond acceptors (Lipinski definition) is 14. The maximum absolute atomic E-state index is 12.7. The number of H-pyrrole nitrogens is 3. The monoisotopic (exact) mass is 1610 g/mol. The van der Waals surface area contributed by atoms with Crippen LogP contribution in [0.5, 0.6) is 0 Å². The Labute approximate surface area is 727 Å². The smallest absolute Gasteiger partial charge is 0.339 e. The predicted octanol–water partition coefficient (Wildman–Crippen LogP) is 17.6. The number of aromatic nitrogens is 4. The summed E-state index contributed by atoms with van der Waals surface area (Å²) in [5.74, 6) is -1.41. The number of rotatable bonds is 4. The molecule has 1 fully saturated rings. The molecule has 0 unspecified atom stereocenters. The van der Waals surface area contributed by atoms with Crippen LogP contribution < -0.4 is 11.5 Å². The van der Waals surface area contributed by atoms with E-state index in [0.717, 1.165) is 76.5 Å². The summed E-state index contributed by atoms with van der Waals surface area (Å²) >= 11 is 0. The van der Waals surface area contributed by atoms with Crippen molar-refractivity contribution in [3.63, 3.8) is 0 Å². The average molecular weight is 1610 g/mol. The minimum atomic E-state index is -1.11. The standard InChI is InChI=1S/C14H20N2O2.C13H18N2O2.C13H17NO3.C13H19NO.C13H16O4.C13H18O2.C10H16O2.2Ar/c1-13(2)6-9-10(11(17)14(13,3)4)8(12(15)18)7-16(9)5;1-12(2)5-8-9(10(16)13(12,3)4)7(6-15-8)11(14)17;1-12(2)5-8-9(10(15)13(12,3)4)7(6-14-8)11(16)17;1-8-7-14-9-6-12(2,3)13(4,5)11(15)10(8)9;1-12(2)5-8-9(10(14)13(12,3)4)7(6-17-8)11(15)16;1-8-7-15-9-6-12(2,3)13(4,5)11(14)10(8)9;1-9(2)6-7(11)5-8(12)10(9,3)4;;/h7H,6H2,1-5H3,(H2,15,18);6,15H,5H2,1-4H3,(H2,14,17);6,14H,5H2,1-4H3,(H,16,17);7,14H,6H2,1-5H3;6H,5H2,1-4H3,(H,15,16);7H,6H2,1-5H3;5-6H2,1-4H3;;. The molecule has 622 valence electrons. The van der Waals surface area contributed by atoms with Crippen LogP contribution >= 0.6 is 0 Å². The van der Waals surface area contributed by atoms with Gasteiger partial charge in [-0.3, -0.25) is 47.9 Å². The summed E-state index contributed by atoms with van der Waals surface area (Å²) in [5, 5.41) is 18.1. The summed E-state index contributed by atoms with van der Waals surface area (Å²) in [7, 11) is 1.85. The second kappa shape index (κ2) is 32.0. The van der Waals surface area contributed by atoms with E-state index in [9.17, 15) is 57.5 Å². The van der Waals surface area contributed by atoms with E-state index in [1.165, 1.54) is 12.5 Å². The van der Waals surface area contributed by atoms with E-state index in [4.69, 9.17) is 30.5 Å². The quantitative estimate of drug-likeness (QED) is 0.0806. The Morgan fingerprint density at radius 2 is 0.673 bits per heavy atom. The van der Waals surface area contributed by atoms with Crippen molar-refractivity contribution >= 4 is 70.0 Å². The van der Waals surface area contributed by atoms with Crippen molar-refractivity contribution < 1.29 is 152 Å². The van der Waals surface area contributed by atoms with Crippen LogP contribution in [0.4, 0.5) is 0 Å². The fourth-order valence-corrected chi connectivity index (χ4v) is 15.5. The number of nitrogens with one attached hydrogen (secondary N) is 3. The summed E-state index contributed by atoms with van der Waals surface area (Å²) in [6.07, 6.45) is 14.7. The van der Waals surface area contributed by atoms with Gasteiger partial charge in [0.1, 0.15) is 34.9 Å². The molecule has 22 nitrogen and oxygen atoms in total. The van der Waals surface area contributed by atoms with Crippen molar-refractivity contribution in [1.82, 2.24) is 19.5 Å². The largest absolute Gasteiger partial charge is 0.478 e. The third kappa shape index (κ3) is 16.9. The van der Waals surface area contributed by atoms with E-state index in [0.29, 0.717) is 52.8 Å². The molecule has 0 atom stereocenters. The number of carboxylic acids is 2. The van der Waals surface area contributed by atoms with Gasteiger partial charge >= 0.3 is 11.9 Å². The third-order valence-corrected chi connectivity index (χ3v) is 29.3. The van der Waals surface area contributed by atoms with Crippen molar-refractivity contribution in [2.75, 3.05) is 0 Å². The van der Waals surface area contributed by atoms with E-state index in [1.807, 2.05) is 156 Å². The molecule has 0 bridgehead atoms. The number of primary amides is 2. The second-order valence-electron chi connectivity index (χ2n) is 40.3. The molecular formula is C89H124Ar2N6O16. The van der Waals surface area contributed by atoms with Crippen LogP contribution in [0, 0.1) is 165 Å². The van der Waals surface area contributed by atoms with Crippen LogP contribution in [0.15, 0.2) is 46.1 Å². The Bertz CT molecular complexity index is 4540. The number of aryl methyl sites for hydroxylation is 3. The number of carboxylic acid groups (broad SMARTS) is 2. The van der Waals surface area contributed by atoms with Gasteiger partial charge in [-0.1, -0.05) is 194 Å². The number of carbonyl (C=O) groups excluding carboxylic acids is 10. The Balaban J connectivity index is 0.000000236. The normalized spacial score (nSPS) is 21.7. The maximum Gasteiger partial charge on any atom is 0.339 e. The number of amides is 2. The molecule has 0 spiro atoms. The Hall–Kier alpha value is -6.56. The van der Waals surface area contributed by atoms with Gasteiger partial charge in [0.15, 0.2) is 34.7 Å². The third-order valence-electron chi connectivity index (χ3n) is 29.3. The van der Waals surface area contributed by atoms with Crippen molar-refractivity contribution in [2.45, 2.75) is 259 Å². The summed E-state index contributed by atoms with van der Waals surface area (Å²) in [6.45, 7) is 60.2. The SMILES string of the molecule is CC1(C)CC(=O)CC(=O)C1(C)C.CC1(C)Cc2[nH]cc(C(=O)O)c2C(=O)C1(C)C.CC1(C)Cc2[nH]cc(C(N)=O)c2C(=O)C1(C)C.CC1(C)Cc2occ(C(=O)O)c2C(=O)C1(C)C.Cc1c[nH]c2c1C(=O)C(C)(C)C(C)(C)C2.Cc1coc2c1C(=O)C(C)(C)C(C)(C)C2.Cn1cc(C(N)=O)c2c1CC(C)(C)C(C)(C)C2=O.[Ar].[Ar]. The van der Waals surface area contributed by atoms with Crippen molar-refractivity contribution in [2.24, 2.45) is 94.3 Å². The Morgan fingerprint density at radius 1 is 0.363 bits per heavy atom. The number of Topliss-reactive ketones (excluding diaryl/α,β-unsaturated/α-hetero) is 8. The van der Waals surface area contributed by atoms with Gasteiger partial charge in [0, 0.05) is 193 Å². The number of furan rings is 2. The molecule has 0 saturated heterocycles. The van der Waals surface area contributed by atoms with Gasteiger partial charge < -0.3 is 50.0 Å². The molecule has 24 heteroatoms. The predicted molar refractivity (Wildman–Crippen MR) is 426 cm³/mol.